The molecule has 0 aliphatic heterocycles. The van der Waals surface area contributed by atoms with E-state index in [1.165, 1.54) is 0 Å². The lowest BCUT2D eigenvalue weighted by molar-refractivity contribution is 0.187. The summed E-state index contributed by atoms with van der Waals surface area (Å²) in [6.45, 7) is 5.31. The fourth-order valence-electron chi connectivity index (χ4n) is 1.71. The Balaban J connectivity index is 2.56. The molecule has 0 aliphatic rings. The Labute approximate surface area is 105 Å². The van der Waals surface area contributed by atoms with Crippen LogP contribution in [0.15, 0.2) is 23.3 Å². The van der Waals surface area contributed by atoms with Crippen molar-refractivity contribution in [3.05, 3.63) is 23.8 Å². The van der Waals surface area contributed by atoms with Crippen molar-refractivity contribution in [2.75, 3.05) is 5.43 Å². The van der Waals surface area contributed by atoms with E-state index in [0.717, 1.165) is 10.4 Å². The predicted molar refractivity (Wildman–Crippen MR) is 70.0 cm³/mol. The van der Waals surface area contributed by atoms with E-state index in [1.807, 2.05) is 13.8 Å². The second kappa shape index (κ2) is 4.66. The first-order valence-electron chi connectivity index (χ1n) is 5.66. The van der Waals surface area contributed by atoms with Gasteiger partial charge < -0.3 is 10.3 Å². The van der Waals surface area contributed by atoms with Crippen molar-refractivity contribution in [2.24, 2.45) is 5.10 Å². The summed E-state index contributed by atoms with van der Waals surface area (Å²) in [6, 6.07) is 5.30. The summed E-state index contributed by atoms with van der Waals surface area (Å²) in [5.41, 5.74) is 5.20. The highest BCUT2D eigenvalue weighted by molar-refractivity contribution is 5.83. The van der Waals surface area contributed by atoms with Crippen LogP contribution in [0.3, 0.4) is 0 Å². The van der Waals surface area contributed by atoms with Crippen molar-refractivity contribution in [1.29, 1.82) is 0 Å². The van der Waals surface area contributed by atoms with Crippen molar-refractivity contribution >= 4 is 22.7 Å². The number of hydrazone groups is 1. The molecule has 0 radical (unpaired) electrons. The molecule has 0 aliphatic carbocycles. The molecule has 0 amide bonds. The van der Waals surface area contributed by atoms with Crippen LogP contribution in [0, 0.1) is 0 Å². The van der Waals surface area contributed by atoms with Crippen molar-refractivity contribution < 1.29 is 10.3 Å². The Bertz CT molecular complexity index is 597. The number of anilines is 1. The van der Waals surface area contributed by atoms with Crippen molar-refractivity contribution in [3.8, 4) is 0 Å². The van der Waals surface area contributed by atoms with E-state index in [0.29, 0.717) is 16.6 Å². The van der Waals surface area contributed by atoms with Crippen LogP contribution in [0.25, 0.3) is 11.0 Å². The molecule has 0 fully saturated rings. The summed E-state index contributed by atoms with van der Waals surface area (Å²) >= 11 is 0. The van der Waals surface area contributed by atoms with E-state index in [9.17, 15) is 10.3 Å². The number of hydrogen-bond acceptors (Lipinski definition) is 5. The lowest BCUT2D eigenvalue weighted by Gasteiger charge is -2.07. The van der Waals surface area contributed by atoms with Gasteiger partial charge in [-0.1, -0.05) is 12.1 Å². The number of nitrogens with one attached hydrogen (secondary N) is 1. The van der Waals surface area contributed by atoms with Crippen molar-refractivity contribution in [1.82, 2.24) is 9.71 Å². The second-order valence-electron chi connectivity index (χ2n) is 4.31. The van der Waals surface area contributed by atoms with Crippen LogP contribution in [0.4, 0.5) is 5.95 Å². The third kappa shape index (κ3) is 2.14. The Hall–Kier alpha value is -2.08. The zero-order valence-electron chi connectivity index (χ0n) is 10.5. The molecule has 2 aromatic rings. The summed E-state index contributed by atoms with van der Waals surface area (Å²) in [7, 11) is 0. The third-order valence-electron chi connectivity index (χ3n) is 2.51. The van der Waals surface area contributed by atoms with E-state index in [1.54, 1.807) is 25.1 Å². The van der Waals surface area contributed by atoms with Gasteiger partial charge in [-0.15, -0.1) is 4.73 Å². The SMILES string of the molecule is CC(C)=NNc1nc2cccc(C(C)O)c2n1O. The number of hydrogen-bond donors (Lipinski definition) is 3. The van der Waals surface area contributed by atoms with Crippen LogP contribution in [0.1, 0.15) is 32.4 Å². The molecule has 1 aromatic carbocycles. The molecular weight excluding hydrogens is 232 g/mol. The maximum Gasteiger partial charge on any atom is 0.258 e. The Kier molecular flexibility index (Phi) is 3.20. The van der Waals surface area contributed by atoms with Gasteiger partial charge in [0.05, 0.1) is 11.6 Å². The van der Waals surface area contributed by atoms with Gasteiger partial charge in [-0.25, -0.2) is 10.4 Å². The Morgan fingerprint density at radius 1 is 1.44 bits per heavy atom. The highest BCUT2D eigenvalue weighted by Crippen LogP contribution is 2.26. The smallest absolute Gasteiger partial charge is 0.258 e. The Morgan fingerprint density at radius 3 is 2.78 bits per heavy atom. The lowest BCUT2D eigenvalue weighted by Crippen LogP contribution is -2.03. The molecule has 1 heterocycles. The van der Waals surface area contributed by atoms with Crippen LogP contribution in [0.2, 0.25) is 0 Å². The molecule has 6 nitrogen and oxygen atoms in total. The number of imidazole rings is 1. The maximum absolute atomic E-state index is 10.0. The molecule has 0 bridgehead atoms. The molecule has 1 aromatic heterocycles. The summed E-state index contributed by atoms with van der Waals surface area (Å²) < 4.78 is 0.907. The zero-order chi connectivity index (χ0) is 13.3. The number of fused-ring (bicyclic) bond motifs is 1. The fraction of sp³-hybridized carbons (Fsp3) is 0.333. The van der Waals surface area contributed by atoms with Gasteiger partial charge in [0.15, 0.2) is 0 Å². The molecular formula is C12H16N4O2. The van der Waals surface area contributed by atoms with Gasteiger partial charge in [-0.2, -0.15) is 5.10 Å². The zero-order valence-corrected chi connectivity index (χ0v) is 10.5. The normalized spacial score (nSPS) is 12.4. The molecule has 1 atom stereocenters. The van der Waals surface area contributed by atoms with Crippen LogP contribution in [-0.2, 0) is 0 Å². The number of aromatic nitrogens is 2. The van der Waals surface area contributed by atoms with E-state index in [4.69, 9.17) is 0 Å². The minimum absolute atomic E-state index is 0.222. The molecule has 3 N–H and O–H groups in total. The van der Waals surface area contributed by atoms with E-state index in [-0.39, 0.29) is 5.95 Å². The number of aliphatic hydroxyl groups is 1. The average molecular weight is 248 g/mol. The van der Waals surface area contributed by atoms with Gasteiger partial charge in [0.1, 0.15) is 5.52 Å². The summed E-state index contributed by atoms with van der Waals surface area (Å²) in [4.78, 5) is 4.21. The Morgan fingerprint density at radius 2 is 2.17 bits per heavy atom. The van der Waals surface area contributed by atoms with Gasteiger partial charge >= 0.3 is 0 Å². The largest absolute Gasteiger partial charge is 0.425 e. The number of rotatable bonds is 3. The first kappa shape index (κ1) is 12.4. The fourth-order valence-corrected chi connectivity index (χ4v) is 1.71. The number of nitrogens with zero attached hydrogens (tertiary/aromatic N) is 3. The predicted octanol–water partition coefficient (Wildman–Crippen LogP) is 2.13. The first-order chi connectivity index (χ1) is 8.50. The monoisotopic (exact) mass is 248 g/mol. The van der Waals surface area contributed by atoms with Gasteiger partial charge in [0.25, 0.3) is 5.95 Å². The molecule has 96 valence electrons. The highest BCUT2D eigenvalue weighted by atomic mass is 16.5. The van der Waals surface area contributed by atoms with Gasteiger partial charge in [-0.05, 0) is 26.8 Å². The third-order valence-corrected chi connectivity index (χ3v) is 2.51. The number of aliphatic hydroxyl groups excluding tert-OH is 1. The molecule has 1 unspecified atom stereocenters. The summed E-state index contributed by atoms with van der Waals surface area (Å²) in [6.07, 6.45) is -0.680. The molecule has 18 heavy (non-hydrogen) atoms. The molecule has 2 rings (SSSR count). The highest BCUT2D eigenvalue weighted by Gasteiger charge is 2.15. The van der Waals surface area contributed by atoms with E-state index >= 15 is 0 Å². The number of para-hydroxylation sites is 1. The van der Waals surface area contributed by atoms with E-state index in [2.05, 4.69) is 15.5 Å². The quantitative estimate of drug-likeness (QED) is 0.441. The molecule has 0 saturated carbocycles. The topological polar surface area (TPSA) is 82.7 Å². The summed E-state index contributed by atoms with van der Waals surface area (Å²) in [5.74, 6) is 0.222. The first-order valence-corrected chi connectivity index (χ1v) is 5.66. The van der Waals surface area contributed by atoms with Crippen LogP contribution in [0.5, 0.6) is 0 Å². The minimum atomic E-state index is -0.680. The van der Waals surface area contributed by atoms with Crippen LogP contribution >= 0.6 is 0 Å². The average Bonchev–Trinajstić information content (AvgIpc) is 2.63. The van der Waals surface area contributed by atoms with Crippen molar-refractivity contribution in [3.63, 3.8) is 0 Å². The van der Waals surface area contributed by atoms with Crippen LogP contribution in [-0.4, -0.2) is 25.7 Å². The molecule has 0 spiro atoms. The number of benzene rings is 1. The minimum Gasteiger partial charge on any atom is -0.425 e. The maximum atomic E-state index is 10.0. The van der Waals surface area contributed by atoms with Crippen LogP contribution < -0.4 is 5.43 Å². The molecule has 0 saturated heterocycles. The second-order valence-corrected chi connectivity index (χ2v) is 4.31. The van der Waals surface area contributed by atoms with Crippen molar-refractivity contribution in [2.45, 2.75) is 26.9 Å². The van der Waals surface area contributed by atoms with Gasteiger partial charge in [0.2, 0.25) is 0 Å². The molecule has 6 heteroatoms. The van der Waals surface area contributed by atoms with Gasteiger partial charge in [0, 0.05) is 11.3 Å². The van der Waals surface area contributed by atoms with E-state index < -0.39 is 6.10 Å². The lowest BCUT2D eigenvalue weighted by atomic mass is 10.1. The standard InChI is InChI=1S/C12H16N4O2/c1-7(2)14-15-12-13-10-6-4-5-9(8(3)17)11(10)16(12)18/h4-6,8,17-18H,1-3H3,(H,13,15). The van der Waals surface area contributed by atoms with Gasteiger partial charge in [-0.3, -0.25) is 0 Å². The summed E-state index contributed by atoms with van der Waals surface area (Å²) in [5, 5.41) is 23.7.